The van der Waals surface area contributed by atoms with Gasteiger partial charge in [0.25, 0.3) is 0 Å². The van der Waals surface area contributed by atoms with Crippen LogP contribution in [0.4, 0.5) is 0 Å². The van der Waals surface area contributed by atoms with Crippen molar-refractivity contribution in [3.05, 3.63) is 35.4 Å². The van der Waals surface area contributed by atoms with E-state index in [1.807, 2.05) is 0 Å². The molecule has 1 aromatic carbocycles. The zero-order valence-corrected chi connectivity index (χ0v) is 15.2. The van der Waals surface area contributed by atoms with Crippen molar-refractivity contribution in [2.45, 2.75) is 51.1 Å². The molecule has 0 radical (unpaired) electrons. The van der Waals surface area contributed by atoms with Crippen LogP contribution in [0.15, 0.2) is 24.3 Å². The SMILES string of the molecule is NCCc1cccc(CN2C[C@@H]3CC[C@H](C2)N(CC2CCC2)C3=O)c1. The molecule has 3 aliphatic heterocycles. The minimum Gasteiger partial charge on any atom is -0.338 e. The molecule has 0 unspecified atom stereocenters. The second-order valence-corrected chi connectivity index (χ2v) is 8.27. The Hall–Kier alpha value is -1.39. The van der Waals surface area contributed by atoms with Crippen molar-refractivity contribution >= 4 is 5.91 Å². The quantitative estimate of drug-likeness (QED) is 0.864. The van der Waals surface area contributed by atoms with Gasteiger partial charge in [-0.2, -0.15) is 0 Å². The van der Waals surface area contributed by atoms with Crippen LogP contribution in [0.1, 0.15) is 43.2 Å². The highest BCUT2D eigenvalue weighted by Gasteiger charge is 2.41. The number of hydrogen-bond donors (Lipinski definition) is 1. The average molecular weight is 341 g/mol. The van der Waals surface area contributed by atoms with Crippen LogP contribution in [-0.2, 0) is 17.8 Å². The van der Waals surface area contributed by atoms with Gasteiger partial charge in [-0.15, -0.1) is 0 Å². The van der Waals surface area contributed by atoms with Gasteiger partial charge in [-0.25, -0.2) is 0 Å². The Labute approximate surface area is 151 Å². The summed E-state index contributed by atoms with van der Waals surface area (Å²) in [6, 6.07) is 9.22. The lowest BCUT2D eigenvalue weighted by atomic mass is 9.83. The van der Waals surface area contributed by atoms with Crippen molar-refractivity contribution in [1.29, 1.82) is 0 Å². The van der Waals surface area contributed by atoms with E-state index >= 15 is 0 Å². The monoisotopic (exact) mass is 341 g/mol. The maximum atomic E-state index is 12.9. The van der Waals surface area contributed by atoms with Crippen LogP contribution < -0.4 is 5.73 Å². The Balaban J connectivity index is 1.44. The third-order valence-corrected chi connectivity index (χ3v) is 6.38. The molecule has 4 nitrogen and oxygen atoms in total. The van der Waals surface area contributed by atoms with Crippen molar-refractivity contribution in [3.63, 3.8) is 0 Å². The third kappa shape index (κ3) is 3.75. The fraction of sp³-hybridized carbons (Fsp3) is 0.667. The van der Waals surface area contributed by atoms with Gasteiger partial charge < -0.3 is 10.6 Å². The molecule has 0 aromatic heterocycles. The number of carbonyl (C=O) groups excluding carboxylic acids is 1. The smallest absolute Gasteiger partial charge is 0.227 e. The van der Waals surface area contributed by atoms with Gasteiger partial charge in [0.2, 0.25) is 5.91 Å². The Morgan fingerprint density at radius 1 is 1.08 bits per heavy atom. The van der Waals surface area contributed by atoms with E-state index in [2.05, 4.69) is 34.1 Å². The standard InChI is InChI=1S/C21H31N3O/c22-10-9-16-3-1-6-18(11-16)12-23-14-19-7-8-20(15-23)24(21(19)25)13-17-4-2-5-17/h1,3,6,11,17,19-20H,2,4-5,7-10,12-15,22H2/t19-,20+/m0/s1. The molecule has 1 amide bonds. The molecule has 2 atom stereocenters. The first-order valence-corrected chi connectivity index (χ1v) is 10.0. The molecule has 3 saturated heterocycles. The van der Waals surface area contributed by atoms with Crippen LogP contribution in [0, 0.1) is 11.8 Å². The molecule has 1 saturated carbocycles. The van der Waals surface area contributed by atoms with Crippen LogP contribution in [0.25, 0.3) is 0 Å². The fourth-order valence-electron chi connectivity index (χ4n) is 4.76. The van der Waals surface area contributed by atoms with Crippen molar-refractivity contribution < 1.29 is 4.79 Å². The molecular formula is C21H31N3O. The molecule has 25 heavy (non-hydrogen) atoms. The van der Waals surface area contributed by atoms with E-state index in [1.54, 1.807) is 0 Å². The zero-order valence-electron chi connectivity index (χ0n) is 15.2. The lowest BCUT2D eigenvalue weighted by Gasteiger charge is -2.40. The second-order valence-electron chi connectivity index (χ2n) is 8.27. The van der Waals surface area contributed by atoms with Gasteiger partial charge in [-0.3, -0.25) is 9.69 Å². The maximum Gasteiger partial charge on any atom is 0.227 e. The molecule has 5 rings (SSSR count). The summed E-state index contributed by atoms with van der Waals surface area (Å²) in [5, 5.41) is 0. The molecule has 0 spiro atoms. The first kappa shape index (κ1) is 17.0. The summed E-state index contributed by atoms with van der Waals surface area (Å²) in [5.74, 6) is 1.42. The molecule has 3 heterocycles. The predicted molar refractivity (Wildman–Crippen MR) is 100 cm³/mol. The number of hydrogen-bond acceptors (Lipinski definition) is 3. The molecule has 1 aromatic rings. The molecule has 4 aliphatic rings. The van der Waals surface area contributed by atoms with Gasteiger partial charge in [0.05, 0.1) is 5.92 Å². The van der Waals surface area contributed by atoms with Crippen LogP contribution >= 0.6 is 0 Å². The van der Waals surface area contributed by atoms with Crippen molar-refractivity contribution in [2.24, 2.45) is 17.6 Å². The lowest BCUT2D eigenvalue weighted by molar-refractivity contribution is -0.141. The van der Waals surface area contributed by atoms with E-state index in [4.69, 9.17) is 5.73 Å². The minimum absolute atomic E-state index is 0.214. The Morgan fingerprint density at radius 3 is 2.68 bits per heavy atom. The highest BCUT2D eigenvalue weighted by Crippen LogP contribution is 2.34. The van der Waals surface area contributed by atoms with Gasteiger partial charge in [0, 0.05) is 32.2 Å². The van der Waals surface area contributed by atoms with Crippen molar-refractivity contribution in [2.75, 3.05) is 26.2 Å². The molecule has 136 valence electrons. The van der Waals surface area contributed by atoms with Crippen LogP contribution in [0.2, 0.25) is 0 Å². The topological polar surface area (TPSA) is 49.6 Å². The largest absolute Gasteiger partial charge is 0.338 e. The number of benzene rings is 1. The first-order valence-electron chi connectivity index (χ1n) is 10.0. The summed E-state index contributed by atoms with van der Waals surface area (Å²) in [6.45, 7) is 4.63. The summed E-state index contributed by atoms with van der Waals surface area (Å²) in [7, 11) is 0. The predicted octanol–water partition coefficient (Wildman–Crippen LogP) is 2.41. The number of carbonyl (C=O) groups is 1. The Morgan fingerprint density at radius 2 is 1.92 bits per heavy atom. The molecule has 1 aliphatic carbocycles. The number of amides is 1. The van der Waals surface area contributed by atoms with E-state index < -0.39 is 0 Å². The second kappa shape index (κ2) is 7.46. The lowest BCUT2D eigenvalue weighted by Crippen LogP contribution is -2.50. The summed E-state index contributed by atoms with van der Waals surface area (Å²) in [4.78, 5) is 17.7. The van der Waals surface area contributed by atoms with E-state index in [9.17, 15) is 4.79 Å². The minimum atomic E-state index is 0.214. The summed E-state index contributed by atoms with van der Waals surface area (Å²) >= 11 is 0. The Bertz CT molecular complexity index is 613. The number of fused-ring (bicyclic) bond motifs is 4. The molecule has 2 bridgehead atoms. The van der Waals surface area contributed by atoms with Gasteiger partial charge in [-0.05, 0) is 55.7 Å². The number of rotatable bonds is 6. The molecule has 4 fully saturated rings. The number of nitrogens with two attached hydrogens (primary N) is 1. The van der Waals surface area contributed by atoms with Crippen molar-refractivity contribution in [1.82, 2.24) is 9.80 Å². The summed E-state index contributed by atoms with van der Waals surface area (Å²) in [6.07, 6.45) is 7.19. The van der Waals surface area contributed by atoms with Gasteiger partial charge in [-0.1, -0.05) is 30.7 Å². The molecular weight excluding hydrogens is 310 g/mol. The van der Waals surface area contributed by atoms with Crippen LogP contribution in [0.5, 0.6) is 0 Å². The van der Waals surface area contributed by atoms with Crippen LogP contribution in [0.3, 0.4) is 0 Å². The van der Waals surface area contributed by atoms with Crippen molar-refractivity contribution in [3.8, 4) is 0 Å². The zero-order chi connectivity index (χ0) is 17.2. The van der Waals surface area contributed by atoms with E-state index in [0.717, 1.165) is 44.9 Å². The van der Waals surface area contributed by atoms with Gasteiger partial charge >= 0.3 is 0 Å². The summed E-state index contributed by atoms with van der Waals surface area (Å²) in [5.41, 5.74) is 8.37. The number of piperidine rings is 1. The Kier molecular flexibility index (Phi) is 5.09. The maximum absolute atomic E-state index is 12.9. The highest BCUT2D eigenvalue weighted by molar-refractivity contribution is 5.80. The first-order chi connectivity index (χ1) is 12.2. The van der Waals surface area contributed by atoms with E-state index in [0.29, 0.717) is 18.5 Å². The van der Waals surface area contributed by atoms with Crippen LogP contribution in [-0.4, -0.2) is 47.9 Å². The van der Waals surface area contributed by atoms with E-state index in [-0.39, 0.29) is 5.92 Å². The third-order valence-electron chi connectivity index (χ3n) is 6.38. The fourth-order valence-corrected chi connectivity index (χ4v) is 4.76. The number of nitrogens with zero attached hydrogens (tertiary/aromatic N) is 2. The average Bonchev–Trinajstić information content (AvgIpc) is 2.82. The van der Waals surface area contributed by atoms with Gasteiger partial charge in [0.15, 0.2) is 0 Å². The highest BCUT2D eigenvalue weighted by atomic mass is 16.2. The van der Waals surface area contributed by atoms with Gasteiger partial charge in [0.1, 0.15) is 0 Å². The molecule has 2 N–H and O–H groups in total. The van der Waals surface area contributed by atoms with E-state index in [1.165, 1.54) is 36.8 Å². The normalized spacial score (nSPS) is 27.4. The molecule has 4 heteroatoms. The summed E-state index contributed by atoms with van der Waals surface area (Å²) < 4.78 is 0.